The molecule has 7 heteroatoms. The molecule has 0 aliphatic rings. The zero-order chi connectivity index (χ0) is 22.5. The lowest BCUT2D eigenvalue weighted by atomic mass is 10.1. The Morgan fingerprint density at radius 2 is 1.62 bits per heavy atom. The van der Waals surface area contributed by atoms with Gasteiger partial charge in [0.05, 0.1) is 22.5 Å². The van der Waals surface area contributed by atoms with Crippen LogP contribution in [0.2, 0.25) is 0 Å². The zero-order valence-corrected chi connectivity index (χ0v) is 19.1. The number of nitrogens with two attached hydrogens (primary N) is 1. The molecule has 0 radical (unpaired) electrons. The molecule has 1 aromatic heterocycles. The van der Waals surface area contributed by atoms with Gasteiger partial charge in [-0.25, -0.2) is 4.98 Å². The second-order valence-electron chi connectivity index (χ2n) is 7.01. The maximum atomic E-state index is 11.2. The Balaban J connectivity index is 1.83. The number of aromatic amines is 1. The molecule has 0 aliphatic heterocycles. The summed E-state index contributed by atoms with van der Waals surface area (Å²) in [6.45, 7) is 2.08. The fourth-order valence-electron chi connectivity index (χ4n) is 3.38. The van der Waals surface area contributed by atoms with Gasteiger partial charge in [0.15, 0.2) is 18.1 Å². The molecule has 0 fully saturated rings. The molecule has 0 spiro atoms. The third-order valence-electron chi connectivity index (χ3n) is 4.76. The van der Waals surface area contributed by atoms with Gasteiger partial charge in [-0.1, -0.05) is 60.7 Å². The van der Waals surface area contributed by atoms with E-state index in [2.05, 4.69) is 20.9 Å². The summed E-state index contributed by atoms with van der Waals surface area (Å²) >= 11 is 3.53. The number of carbonyl (C=O) groups excluding carboxylic acids is 1. The van der Waals surface area contributed by atoms with Gasteiger partial charge < -0.3 is 20.2 Å². The summed E-state index contributed by atoms with van der Waals surface area (Å²) in [5.74, 6) is 1.05. The molecule has 0 bridgehead atoms. The van der Waals surface area contributed by atoms with Crippen LogP contribution >= 0.6 is 15.9 Å². The van der Waals surface area contributed by atoms with Gasteiger partial charge in [0.25, 0.3) is 5.91 Å². The summed E-state index contributed by atoms with van der Waals surface area (Å²) in [4.78, 5) is 19.6. The van der Waals surface area contributed by atoms with Gasteiger partial charge in [-0.2, -0.15) is 0 Å². The van der Waals surface area contributed by atoms with Crippen LogP contribution in [0.4, 0.5) is 0 Å². The van der Waals surface area contributed by atoms with E-state index in [1.54, 1.807) is 0 Å². The van der Waals surface area contributed by atoms with Gasteiger partial charge in [0, 0.05) is 16.7 Å². The predicted octanol–water partition coefficient (Wildman–Crippen LogP) is 5.44. The first-order chi connectivity index (χ1) is 15.6. The summed E-state index contributed by atoms with van der Waals surface area (Å²) in [5.41, 5.74) is 9.87. The second kappa shape index (κ2) is 9.70. The molecule has 0 unspecified atom stereocenters. The lowest BCUT2D eigenvalue weighted by molar-refractivity contribution is -0.119. The summed E-state index contributed by atoms with van der Waals surface area (Å²) in [5, 5.41) is 0. The average molecular weight is 492 g/mol. The number of ether oxygens (including phenoxy) is 2. The number of H-pyrrole nitrogens is 1. The molecular weight excluding hydrogens is 470 g/mol. The molecule has 6 nitrogen and oxygen atoms in total. The summed E-state index contributed by atoms with van der Waals surface area (Å²) < 4.78 is 12.0. The normalized spacial score (nSPS) is 10.7. The molecule has 0 atom stereocenters. The molecule has 3 aromatic carbocycles. The number of imidazole rings is 1. The van der Waals surface area contributed by atoms with Crippen LogP contribution < -0.4 is 15.2 Å². The minimum atomic E-state index is -0.561. The minimum Gasteiger partial charge on any atom is -0.490 e. The van der Waals surface area contributed by atoms with Crippen LogP contribution in [-0.4, -0.2) is 29.1 Å². The number of carbonyl (C=O) groups is 1. The third-order valence-corrected chi connectivity index (χ3v) is 5.34. The van der Waals surface area contributed by atoms with Crippen molar-refractivity contribution in [2.75, 3.05) is 13.2 Å². The number of halogens is 1. The number of benzene rings is 3. The molecule has 162 valence electrons. The quantitative estimate of drug-likeness (QED) is 0.343. The SMILES string of the molecule is CCOc1cc(-c2nc(-c3ccccc3)c(-c3ccccc3)[nH]2)cc(Br)c1OCC(N)=O. The lowest BCUT2D eigenvalue weighted by Gasteiger charge is -2.14. The van der Waals surface area contributed by atoms with Crippen molar-refractivity contribution in [1.82, 2.24) is 9.97 Å². The Bertz CT molecular complexity index is 1170. The first kappa shape index (κ1) is 21.6. The molecule has 0 saturated carbocycles. The highest BCUT2D eigenvalue weighted by molar-refractivity contribution is 9.10. The number of amides is 1. The zero-order valence-electron chi connectivity index (χ0n) is 17.5. The first-order valence-corrected chi connectivity index (χ1v) is 10.9. The van der Waals surface area contributed by atoms with E-state index in [0.717, 1.165) is 28.1 Å². The van der Waals surface area contributed by atoms with Crippen molar-refractivity contribution in [2.24, 2.45) is 5.73 Å². The second-order valence-corrected chi connectivity index (χ2v) is 7.87. The van der Waals surface area contributed by atoms with Crippen molar-refractivity contribution >= 4 is 21.8 Å². The molecule has 1 heterocycles. The van der Waals surface area contributed by atoms with Crippen LogP contribution in [0.5, 0.6) is 11.5 Å². The molecule has 32 heavy (non-hydrogen) atoms. The average Bonchev–Trinajstić information content (AvgIpc) is 3.25. The Kier molecular flexibility index (Phi) is 6.56. The van der Waals surface area contributed by atoms with E-state index in [1.807, 2.05) is 79.7 Å². The molecule has 4 rings (SSSR count). The van der Waals surface area contributed by atoms with Gasteiger partial charge in [0.2, 0.25) is 0 Å². The number of aromatic nitrogens is 2. The lowest BCUT2D eigenvalue weighted by Crippen LogP contribution is -2.20. The van der Waals surface area contributed by atoms with Crippen LogP contribution in [0.25, 0.3) is 33.9 Å². The van der Waals surface area contributed by atoms with Gasteiger partial charge in [-0.3, -0.25) is 4.79 Å². The molecule has 1 amide bonds. The number of hydrogen-bond donors (Lipinski definition) is 2. The van der Waals surface area contributed by atoms with Crippen molar-refractivity contribution < 1.29 is 14.3 Å². The van der Waals surface area contributed by atoms with E-state index in [0.29, 0.717) is 28.4 Å². The van der Waals surface area contributed by atoms with Crippen molar-refractivity contribution in [3.8, 4) is 45.4 Å². The fraction of sp³-hybridized carbons (Fsp3) is 0.120. The Hall–Kier alpha value is -3.58. The largest absolute Gasteiger partial charge is 0.490 e. The monoisotopic (exact) mass is 491 g/mol. The topological polar surface area (TPSA) is 90.2 Å². The first-order valence-electron chi connectivity index (χ1n) is 10.2. The van der Waals surface area contributed by atoms with Crippen molar-refractivity contribution in [3.63, 3.8) is 0 Å². The summed E-state index contributed by atoms with van der Waals surface area (Å²) in [6, 6.07) is 23.8. The van der Waals surface area contributed by atoms with E-state index in [9.17, 15) is 4.79 Å². The smallest absolute Gasteiger partial charge is 0.255 e. The molecule has 3 N–H and O–H groups in total. The number of rotatable bonds is 8. The van der Waals surface area contributed by atoms with Crippen molar-refractivity contribution in [3.05, 3.63) is 77.3 Å². The van der Waals surface area contributed by atoms with E-state index >= 15 is 0 Å². The van der Waals surface area contributed by atoms with Gasteiger partial charge in [-0.15, -0.1) is 0 Å². The molecule has 4 aromatic rings. The highest BCUT2D eigenvalue weighted by Crippen LogP contribution is 2.41. The number of nitrogens with one attached hydrogen (secondary N) is 1. The Morgan fingerprint density at radius 1 is 0.969 bits per heavy atom. The van der Waals surface area contributed by atoms with Crippen molar-refractivity contribution in [1.29, 1.82) is 0 Å². The predicted molar refractivity (Wildman–Crippen MR) is 128 cm³/mol. The third kappa shape index (κ3) is 4.68. The molecule has 0 aliphatic carbocycles. The van der Waals surface area contributed by atoms with Crippen LogP contribution in [0.3, 0.4) is 0 Å². The number of nitrogens with zero attached hydrogens (tertiary/aromatic N) is 1. The van der Waals surface area contributed by atoms with Crippen molar-refractivity contribution in [2.45, 2.75) is 6.92 Å². The van der Waals surface area contributed by atoms with Crippen LogP contribution in [0.15, 0.2) is 77.3 Å². The van der Waals surface area contributed by atoms with E-state index < -0.39 is 5.91 Å². The van der Waals surface area contributed by atoms with E-state index in [-0.39, 0.29) is 6.61 Å². The molecular formula is C25H22BrN3O3. The van der Waals surface area contributed by atoms with E-state index in [1.165, 1.54) is 0 Å². The standard InChI is InChI=1S/C25H22BrN3O3/c1-2-31-20-14-18(13-19(26)24(20)32-15-21(27)30)25-28-22(16-9-5-3-6-10-16)23(29-25)17-11-7-4-8-12-17/h3-14H,2,15H2,1H3,(H2,27,30)(H,28,29). The van der Waals surface area contributed by atoms with Crippen LogP contribution in [0, 0.1) is 0 Å². The highest BCUT2D eigenvalue weighted by atomic mass is 79.9. The Morgan fingerprint density at radius 3 is 2.25 bits per heavy atom. The van der Waals surface area contributed by atoms with Gasteiger partial charge >= 0.3 is 0 Å². The van der Waals surface area contributed by atoms with Gasteiger partial charge in [0.1, 0.15) is 5.82 Å². The fourth-order valence-corrected chi connectivity index (χ4v) is 3.94. The number of primary amides is 1. The summed E-state index contributed by atoms with van der Waals surface area (Å²) in [6.07, 6.45) is 0. The maximum absolute atomic E-state index is 11.2. The summed E-state index contributed by atoms with van der Waals surface area (Å²) in [7, 11) is 0. The Labute approximate surface area is 194 Å². The van der Waals surface area contributed by atoms with Crippen LogP contribution in [-0.2, 0) is 4.79 Å². The van der Waals surface area contributed by atoms with E-state index in [4.69, 9.17) is 20.2 Å². The molecule has 0 saturated heterocycles. The van der Waals surface area contributed by atoms with Crippen LogP contribution in [0.1, 0.15) is 6.92 Å². The highest BCUT2D eigenvalue weighted by Gasteiger charge is 2.19. The maximum Gasteiger partial charge on any atom is 0.255 e. The van der Waals surface area contributed by atoms with Gasteiger partial charge in [-0.05, 0) is 35.0 Å². The number of hydrogen-bond acceptors (Lipinski definition) is 4. The minimum absolute atomic E-state index is 0.241.